The molecule has 2 rings (SSSR count). The molecule has 9 nitrogen and oxygen atoms in total. The number of morpholine rings is 1. The molecule has 2 N–H and O–H groups in total. The number of nitrogens with one attached hydrogen (secondary N) is 2. The highest BCUT2D eigenvalue weighted by Gasteiger charge is 2.29. The number of nitriles is 1. The van der Waals surface area contributed by atoms with Gasteiger partial charge in [-0.15, -0.1) is 0 Å². The second-order valence-electron chi connectivity index (χ2n) is 9.75. The second kappa shape index (κ2) is 14.3. The first kappa shape index (κ1) is 28.1. The zero-order chi connectivity index (χ0) is 25.7. The van der Waals surface area contributed by atoms with Crippen LogP contribution in [0.25, 0.3) is 0 Å². The fourth-order valence-corrected chi connectivity index (χ4v) is 3.74. The Hall–Kier alpha value is -3.12. The molecule has 2 unspecified atom stereocenters. The van der Waals surface area contributed by atoms with Crippen LogP contribution in [0.2, 0.25) is 0 Å². The molecule has 0 radical (unpaired) electrons. The number of rotatable bonds is 9. The zero-order valence-corrected chi connectivity index (χ0v) is 21.4. The minimum Gasteiger partial charge on any atom is -0.450 e. The number of aliphatic imine (C=N–C) groups is 1. The van der Waals surface area contributed by atoms with Gasteiger partial charge in [0.25, 0.3) is 0 Å². The quantitative estimate of drug-likeness (QED) is 0.410. The smallest absolute Gasteiger partial charge is 0.413 e. The van der Waals surface area contributed by atoms with Gasteiger partial charge in [0.05, 0.1) is 25.9 Å². The molecule has 1 aromatic carbocycles. The Bertz CT molecular complexity index is 870. The van der Waals surface area contributed by atoms with Gasteiger partial charge in [-0.05, 0) is 43.6 Å². The predicted octanol–water partition coefficient (Wildman–Crippen LogP) is 3.26. The second-order valence-corrected chi connectivity index (χ2v) is 9.75. The van der Waals surface area contributed by atoms with E-state index in [9.17, 15) is 14.9 Å². The molecule has 0 spiro atoms. The summed E-state index contributed by atoms with van der Waals surface area (Å²) in [6.45, 7) is 10.1. The molecule has 1 fully saturated rings. The normalized spacial score (nSPS) is 16.1. The first-order valence-electron chi connectivity index (χ1n) is 12.3. The van der Waals surface area contributed by atoms with Crippen molar-refractivity contribution in [1.82, 2.24) is 15.5 Å². The molecule has 0 aromatic heterocycles. The summed E-state index contributed by atoms with van der Waals surface area (Å²) in [6, 6.07) is 10.9. The molecular weight excluding hydrogens is 446 g/mol. The van der Waals surface area contributed by atoms with Gasteiger partial charge < -0.3 is 19.7 Å². The summed E-state index contributed by atoms with van der Waals surface area (Å²) in [5.74, 6) is -0.0451. The van der Waals surface area contributed by atoms with Gasteiger partial charge in [-0.1, -0.05) is 51.1 Å². The van der Waals surface area contributed by atoms with Crippen LogP contribution in [-0.2, 0) is 20.7 Å². The van der Waals surface area contributed by atoms with Crippen molar-refractivity contribution in [1.29, 1.82) is 5.26 Å². The average molecular weight is 486 g/mol. The third-order valence-corrected chi connectivity index (χ3v) is 5.46. The fraction of sp³-hybridized carbons (Fsp3) is 0.615. The lowest BCUT2D eigenvalue weighted by molar-refractivity contribution is -0.123. The maximum atomic E-state index is 13.3. The van der Waals surface area contributed by atoms with E-state index in [2.05, 4.69) is 33.8 Å². The van der Waals surface area contributed by atoms with Crippen molar-refractivity contribution in [3.05, 3.63) is 35.9 Å². The third kappa shape index (κ3) is 10.8. The molecular formula is C26H39N5O4. The van der Waals surface area contributed by atoms with E-state index in [1.807, 2.05) is 43.9 Å². The molecule has 2 atom stereocenters. The Kier molecular flexibility index (Phi) is 11.5. The van der Waals surface area contributed by atoms with Crippen LogP contribution in [0.4, 0.5) is 4.79 Å². The number of ether oxygens (including phenoxy) is 2. The first-order valence-corrected chi connectivity index (χ1v) is 12.3. The molecule has 0 aliphatic carbocycles. The lowest BCUT2D eigenvalue weighted by Gasteiger charge is -2.31. The molecule has 1 heterocycles. The maximum Gasteiger partial charge on any atom is 0.413 e. The van der Waals surface area contributed by atoms with Crippen molar-refractivity contribution < 1.29 is 19.1 Å². The highest BCUT2D eigenvalue weighted by molar-refractivity contribution is 5.96. The average Bonchev–Trinajstić information content (AvgIpc) is 2.83. The monoisotopic (exact) mass is 485 g/mol. The number of guanidine groups is 1. The molecule has 0 saturated carbocycles. The molecule has 1 aromatic rings. The number of alkyl carbamates (subject to hydrolysis) is 1. The SMILES string of the molecule is CCOC(=O)NC(=NC(CC(C)(C)C)C(=O)NC(C#N)CCCc1ccccc1)N1CCOCC1. The van der Waals surface area contributed by atoms with Gasteiger partial charge in [0.15, 0.2) is 0 Å². The van der Waals surface area contributed by atoms with Crippen LogP contribution in [0.15, 0.2) is 35.3 Å². The van der Waals surface area contributed by atoms with Crippen molar-refractivity contribution in [3.8, 4) is 6.07 Å². The highest BCUT2D eigenvalue weighted by atomic mass is 16.5. The highest BCUT2D eigenvalue weighted by Crippen LogP contribution is 2.23. The lowest BCUT2D eigenvalue weighted by atomic mass is 9.88. The Morgan fingerprint density at radius 2 is 1.91 bits per heavy atom. The first-order chi connectivity index (χ1) is 16.7. The molecule has 1 aliphatic heterocycles. The molecule has 1 aliphatic rings. The van der Waals surface area contributed by atoms with Gasteiger partial charge >= 0.3 is 6.09 Å². The van der Waals surface area contributed by atoms with Crippen LogP contribution < -0.4 is 10.6 Å². The van der Waals surface area contributed by atoms with Gasteiger partial charge in [-0.2, -0.15) is 5.26 Å². The standard InChI is InChI=1S/C26H39N5O4/c1-5-35-25(33)30-24(31-14-16-34-17-15-31)29-22(18-26(2,3)4)23(32)28-21(19-27)13-9-12-20-10-7-6-8-11-20/h6-8,10-11,21-22H,5,9,12-18H2,1-4H3,(H,28,32)(H,29,30,33). The van der Waals surface area contributed by atoms with Gasteiger partial charge in [-0.25, -0.2) is 9.79 Å². The van der Waals surface area contributed by atoms with Crippen LogP contribution in [0, 0.1) is 16.7 Å². The number of benzene rings is 1. The summed E-state index contributed by atoms with van der Waals surface area (Å²) < 4.78 is 10.5. The summed E-state index contributed by atoms with van der Waals surface area (Å²) in [5.41, 5.74) is 0.993. The van der Waals surface area contributed by atoms with Crippen LogP contribution in [0.3, 0.4) is 0 Å². The van der Waals surface area contributed by atoms with Gasteiger partial charge in [0.1, 0.15) is 12.1 Å². The van der Waals surface area contributed by atoms with Gasteiger partial charge in [0.2, 0.25) is 11.9 Å². The Balaban J connectivity index is 2.14. The third-order valence-electron chi connectivity index (χ3n) is 5.46. The van der Waals surface area contributed by atoms with Gasteiger partial charge in [0, 0.05) is 13.1 Å². The van der Waals surface area contributed by atoms with Gasteiger partial charge in [-0.3, -0.25) is 10.1 Å². The Morgan fingerprint density at radius 3 is 2.51 bits per heavy atom. The number of nitrogens with zero attached hydrogens (tertiary/aromatic N) is 3. The number of hydrogen-bond acceptors (Lipinski definition) is 6. The van der Waals surface area contributed by atoms with E-state index >= 15 is 0 Å². The van der Waals surface area contributed by atoms with E-state index in [-0.39, 0.29) is 23.9 Å². The zero-order valence-electron chi connectivity index (χ0n) is 21.4. The van der Waals surface area contributed by atoms with E-state index in [4.69, 9.17) is 9.47 Å². The molecule has 2 amide bonds. The Morgan fingerprint density at radius 1 is 1.23 bits per heavy atom. The number of hydrogen-bond donors (Lipinski definition) is 2. The van der Waals surface area contributed by atoms with Crippen molar-refractivity contribution in [2.24, 2.45) is 10.4 Å². The minimum absolute atomic E-state index is 0.207. The summed E-state index contributed by atoms with van der Waals surface area (Å²) in [4.78, 5) is 32.0. The Labute approximate surface area is 208 Å². The maximum absolute atomic E-state index is 13.3. The van der Waals surface area contributed by atoms with Crippen molar-refractivity contribution in [2.45, 2.75) is 65.5 Å². The van der Waals surface area contributed by atoms with E-state index < -0.39 is 18.2 Å². The topological polar surface area (TPSA) is 116 Å². The van der Waals surface area contributed by atoms with Crippen LogP contribution >= 0.6 is 0 Å². The van der Waals surface area contributed by atoms with Crippen LogP contribution in [-0.4, -0.2) is 67.9 Å². The van der Waals surface area contributed by atoms with Crippen molar-refractivity contribution >= 4 is 18.0 Å². The van der Waals surface area contributed by atoms with Crippen molar-refractivity contribution in [2.75, 3.05) is 32.9 Å². The molecule has 35 heavy (non-hydrogen) atoms. The summed E-state index contributed by atoms with van der Waals surface area (Å²) >= 11 is 0. The van der Waals surface area contributed by atoms with E-state index in [1.165, 1.54) is 5.56 Å². The largest absolute Gasteiger partial charge is 0.450 e. The molecule has 0 bridgehead atoms. The number of carbonyl (C=O) groups excluding carboxylic acids is 2. The minimum atomic E-state index is -0.778. The van der Waals surface area contributed by atoms with E-state index in [0.29, 0.717) is 39.1 Å². The molecule has 1 saturated heterocycles. The lowest BCUT2D eigenvalue weighted by Crippen LogP contribution is -2.51. The van der Waals surface area contributed by atoms with E-state index in [0.717, 1.165) is 12.8 Å². The van der Waals surface area contributed by atoms with Crippen molar-refractivity contribution in [3.63, 3.8) is 0 Å². The summed E-state index contributed by atoms with van der Waals surface area (Å²) in [5, 5.41) is 15.2. The van der Waals surface area contributed by atoms with E-state index in [1.54, 1.807) is 6.92 Å². The molecule has 9 heteroatoms. The van der Waals surface area contributed by atoms with Crippen LogP contribution in [0.5, 0.6) is 0 Å². The molecule has 192 valence electrons. The fourth-order valence-electron chi connectivity index (χ4n) is 3.74. The number of carbonyl (C=O) groups is 2. The summed E-state index contributed by atoms with van der Waals surface area (Å²) in [6.07, 6.45) is 1.98. The predicted molar refractivity (Wildman–Crippen MR) is 135 cm³/mol. The number of amides is 2. The number of aryl methyl sites for hydroxylation is 1. The summed E-state index contributed by atoms with van der Waals surface area (Å²) in [7, 11) is 0. The van der Waals surface area contributed by atoms with Crippen LogP contribution in [0.1, 0.15) is 52.5 Å².